The summed E-state index contributed by atoms with van der Waals surface area (Å²) in [7, 11) is 0. The molecular weight excluding hydrogens is 339 g/mol. The lowest BCUT2D eigenvalue weighted by atomic mass is 10.0. The number of aromatic nitrogens is 3. The van der Waals surface area contributed by atoms with Crippen LogP contribution >= 0.6 is 11.6 Å². The van der Waals surface area contributed by atoms with Gasteiger partial charge in [-0.1, -0.05) is 35.9 Å². The normalized spacial score (nSPS) is 13.3. The predicted octanol–water partition coefficient (Wildman–Crippen LogP) is 4.74. The van der Waals surface area contributed by atoms with E-state index in [9.17, 15) is 4.39 Å². The molecule has 2 aromatic heterocycles. The highest BCUT2D eigenvalue weighted by atomic mass is 35.5. The molecule has 0 N–H and O–H groups in total. The fraction of sp³-hybridized carbons (Fsp3) is 0.105. The molecule has 0 atom stereocenters. The van der Waals surface area contributed by atoms with Gasteiger partial charge >= 0.3 is 0 Å². The Morgan fingerprint density at radius 2 is 2.04 bits per heavy atom. The van der Waals surface area contributed by atoms with Crippen LogP contribution in [-0.2, 0) is 0 Å². The minimum atomic E-state index is -0.545. The molecule has 0 radical (unpaired) electrons. The van der Waals surface area contributed by atoms with Crippen molar-refractivity contribution >= 4 is 17.3 Å². The molecule has 0 unspecified atom stereocenters. The second-order valence-corrected chi connectivity index (χ2v) is 6.18. The first kappa shape index (κ1) is 15.7. The van der Waals surface area contributed by atoms with Gasteiger partial charge in [-0.25, -0.2) is 9.67 Å². The zero-order valence-electron chi connectivity index (χ0n) is 13.4. The molecule has 0 amide bonds. The first-order valence-corrected chi connectivity index (χ1v) is 8.20. The second kappa shape index (κ2) is 6.26. The van der Waals surface area contributed by atoms with Gasteiger partial charge in [-0.3, -0.25) is 4.99 Å². The summed E-state index contributed by atoms with van der Waals surface area (Å²) >= 11 is 6.37. The van der Waals surface area contributed by atoms with Crippen LogP contribution in [0.3, 0.4) is 0 Å². The SMILES string of the molecule is Cc1cnc(F)cc1-n1cc(C2=NC=CC2)c(-c2ccccc2Cl)n1. The van der Waals surface area contributed by atoms with Gasteiger partial charge in [0.15, 0.2) is 0 Å². The number of halogens is 2. The minimum Gasteiger partial charge on any atom is -0.261 e. The third kappa shape index (κ3) is 2.87. The van der Waals surface area contributed by atoms with E-state index in [1.54, 1.807) is 10.9 Å². The van der Waals surface area contributed by atoms with Crippen LogP contribution in [0.2, 0.25) is 5.02 Å². The number of aryl methyl sites for hydroxylation is 1. The molecule has 25 heavy (non-hydrogen) atoms. The van der Waals surface area contributed by atoms with Gasteiger partial charge in [0.2, 0.25) is 5.95 Å². The summed E-state index contributed by atoms with van der Waals surface area (Å²) in [6, 6.07) is 8.90. The average molecular weight is 353 g/mol. The summed E-state index contributed by atoms with van der Waals surface area (Å²) in [4.78, 5) is 8.10. The van der Waals surface area contributed by atoms with E-state index in [-0.39, 0.29) is 0 Å². The van der Waals surface area contributed by atoms with Gasteiger partial charge in [0.05, 0.1) is 16.4 Å². The van der Waals surface area contributed by atoms with Gasteiger partial charge < -0.3 is 0 Å². The van der Waals surface area contributed by atoms with Crippen LogP contribution in [0.25, 0.3) is 16.9 Å². The number of aliphatic imine (C=N–C) groups is 1. The van der Waals surface area contributed by atoms with Gasteiger partial charge in [0, 0.05) is 42.2 Å². The molecule has 3 heterocycles. The van der Waals surface area contributed by atoms with Gasteiger partial charge in [-0.15, -0.1) is 0 Å². The van der Waals surface area contributed by atoms with E-state index in [1.165, 1.54) is 12.3 Å². The highest BCUT2D eigenvalue weighted by Gasteiger charge is 2.20. The van der Waals surface area contributed by atoms with E-state index in [0.717, 1.165) is 34.5 Å². The fourth-order valence-electron chi connectivity index (χ4n) is 2.84. The van der Waals surface area contributed by atoms with Crippen molar-refractivity contribution in [3.05, 3.63) is 77.1 Å². The Labute approximate surface area is 149 Å². The van der Waals surface area contributed by atoms with Crippen LogP contribution in [-0.4, -0.2) is 20.5 Å². The number of hydrogen-bond acceptors (Lipinski definition) is 3. The molecule has 0 bridgehead atoms. The summed E-state index contributed by atoms with van der Waals surface area (Å²) in [6.45, 7) is 1.87. The van der Waals surface area contributed by atoms with Crippen LogP contribution in [0.15, 0.2) is 60.0 Å². The molecule has 1 aromatic carbocycles. The molecule has 0 saturated heterocycles. The number of benzene rings is 1. The molecule has 0 spiro atoms. The Hall–Kier alpha value is -2.79. The molecule has 0 aliphatic carbocycles. The first-order chi connectivity index (χ1) is 12.1. The number of rotatable bonds is 3. The lowest BCUT2D eigenvalue weighted by Crippen LogP contribution is -2.00. The molecule has 3 aromatic rings. The Morgan fingerprint density at radius 1 is 1.20 bits per heavy atom. The van der Waals surface area contributed by atoms with Gasteiger partial charge in [-0.2, -0.15) is 9.49 Å². The Bertz CT molecular complexity index is 1020. The zero-order valence-corrected chi connectivity index (χ0v) is 14.2. The highest BCUT2D eigenvalue weighted by Crippen LogP contribution is 2.32. The minimum absolute atomic E-state index is 0.545. The van der Waals surface area contributed by atoms with E-state index in [4.69, 9.17) is 11.6 Å². The van der Waals surface area contributed by atoms with Crippen LogP contribution in [0.4, 0.5) is 4.39 Å². The van der Waals surface area contributed by atoms with Crippen molar-refractivity contribution in [1.29, 1.82) is 0 Å². The maximum Gasteiger partial charge on any atom is 0.214 e. The van der Waals surface area contributed by atoms with Gasteiger partial charge in [0.25, 0.3) is 0 Å². The lowest BCUT2D eigenvalue weighted by Gasteiger charge is -2.05. The first-order valence-electron chi connectivity index (χ1n) is 7.82. The maximum absolute atomic E-state index is 13.6. The van der Waals surface area contributed by atoms with Crippen LogP contribution in [0.5, 0.6) is 0 Å². The fourth-order valence-corrected chi connectivity index (χ4v) is 3.06. The van der Waals surface area contributed by atoms with E-state index < -0.39 is 5.95 Å². The van der Waals surface area contributed by atoms with E-state index in [0.29, 0.717) is 10.7 Å². The molecule has 4 rings (SSSR count). The Balaban J connectivity index is 1.93. The third-order valence-corrected chi connectivity index (χ3v) is 4.42. The quantitative estimate of drug-likeness (QED) is 0.639. The van der Waals surface area contributed by atoms with Gasteiger partial charge in [0.1, 0.15) is 5.69 Å². The zero-order chi connectivity index (χ0) is 17.4. The molecule has 124 valence electrons. The largest absolute Gasteiger partial charge is 0.261 e. The van der Waals surface area contributed by atoms with Crippen molar-refractivity contribution in [2.45, 2.75) is 13.3 Å². The smallest absolute Gasteiger partial charge is 0.214 e. The van der Waals surface area contributed by atoms with Crippen molar-refractivity contribution < 1.29 is 4.39 Å². The average Bonchev–Trinajstić information content (AvgIpc) is 3.26. The number of hydrogen-bond donors (Lipinski definition) is 0. The monoisotopic (exact) mass is 352 g/mol. The Morgan fingerprint density at radius 3 is 2.80 bits per heavy atom. The summed E-state index contributed by atoms with van der Waals surface area (Å²) in [5.74, 6) is -0.545. The molecule has 1 aliphatic heterocycles. The molecule has 6 heteroatoms. The van der Waals surface area contributed by atoms with Crippen LogP contribution < -0.4 is 0 Å². The van der Waals surface area contributed by atoms with E-state index in [2.05, 4.69) is 15.1 Å². The van der Waals surface area contributed by atoms with E-state index in [1.807, 2.05) is 43.5 Å². The predicted molar refractivity (Wildman–Crippen MR) is 96.8 cm³/mol. The molecule has 0 fully saturated rings. The van der Waals surface area contributed by atoms with Crippen molar-refractivity contribution in [3.63, 3.8) is 0 Å². The topological polar surface area (TPSA) is 43.1 Å². The second-order valence-electron chi connectivity index (χ2n) is 5.77. The number of nitrogens with zero attached hydrogens (tertiary/aromatic N) is 4. The van der Waals surface area contributed by atoms with Crippen molar-refractivity contribution in [2.75, 3.05) is 0 Å². The molecular formula is C19H14ClFN4. The lowest BCUT2D eigenvalue weighted by molar-refractivity contribution is 0.580. The highest BCUT2D eigenvalue weighted by molar-refractivity contribution is 6.33. The van der Waals surface area contributed by atoms with Crippen LogP contribution in [0, 0.1) is 12.9 Å². The maximum atomic E-state index is 13.6. The molecule has 0 saturated carbocycles. The Kier molecular flexibility index (Phi) is 3.93. The van der Waals surface area contributed by atoms with Crippen molar-refractivity contribution in [3.8, 4) is 16.9 Å². The van der Waals surface area contributed by atoms with Crippen molar-refractivity contribution in [2.24, 2.45) is 4.99 Å². The molecule has 1 aliphatic rings. The summed E-state index contributed by atoms with van der Waals surface area (Å²) < 4.78 is 15.3. The van der Waals surface area contributed by atoms with Crippen LogP contribution in [0.1, 0.15) is 17.5 Å². The number of pyridine rings is 1. The molecule has 4 nitrogen and oxygen atoms in total. The third-order valence-electron chi connectivity index (χ3n) is 4.09. The summed E-state index contributed by atoms with van der Waals surface area (Å²) in [5, 5.41) is 5.30. The standard InChI is InChI=1S/C19H14ClFN4/c1-12-10-23-18(21)9-17(12)25-11-14(16-7-4-8-22-16)19(24-25)13-5-2-3-6-15(13)20/h2-6,8-11H,7H2,1H3. The van der Waals surface area contributed by atoms with E-state index >= 15 is 0 Å². The van der Waals surface area contributed by atoms with Gasteiger partial charge in [-0.05, 0) is 18.6 Å². The summed E-state index contributed by atoms with van der Waals surface area (Å²) in [6.07, 6.45) is 7.86. The van der Waals surface area contributed by atoms with Crippen molar-refractivity contribution in [1.82, 2.24) is 14.8 Å². The number of allylic oxidation sites excluding steroid dienone is 1. The summed E-state index contributed by atoms with van der Waals surface area (Å²) in [5.41, 5.74) is 4.80.